The number of nitrogens with zero attached hydrogens (tertiary/aromatic N) is 6. The van der Waals surface area contributed by atoms with E-state index in [0.717, 1.165) is 18.7 Å². The molecule has 1 saturated heterocycles. The quantitative estimate of drug-likeness (QED) is 0.465. The molecule has 3 aromatic heterocycles. The van der Waals surface area contributed by atoms with Crippen molar-refractivity contribution in [2.45, 2.75) is 20.0 Å². The van der Waals surface area contributed by atoms with Crippen molar-refractivity contribution in [3.05, 3.63) is 59.7 Å². The van der Waals surface area contributed by atoms with Crippen LogP contribution >= 0.6 is 0 Å². The van der Waals surface area contributed by atoms with Gasteiger partial charge >= 0.3 is 0 Å². The average Bonchev–Trinajstić information content (AvgIpc) is 3.19. The Morgan fingerprint density at radius 1 is 1.32 bits per heavy atom. The number of morpholine rings is 1. The Morgan fingerprint density at radius 2 is 2.15 bits per heavy atom. The SMILES string of the molecule is Cc1cc(C#N)ncc1Oc1cc(N/C(N)=C/C=C(\N)N2CCOC(C)C2)c2ncn(C)c2n1. The number of fused-ring (bicyclic) bond motifs is 1. The third-order valence-corrected chi connectivity index (χ3v) is 5.36. The molecule has 4 heterocycles. The van der Waals surface area contributed by atoms with Gasteiger partial charge in [0, 0.05) is 26.2 Å². The Morgan fingerprint density at radius 3 is 2.88 bits per heavy atom. The smallest absolute Gasteiger partial charge is 0.223 e. The number of aromatic nitrogens is 4. The third kappa shape index (κ3) is 5.02. The zero-order valence-corrected chi connectivity index (χ0v) is 19.3. The highest BCUT2D eigenvalue weighted by Gasteiger charge is 2.17. The van der Waals surface area contributed by atoms with Crippen molar-refractivity contribution in [2.75, 3.05) is 25.0 Å². The van der Waals surface area contributed by atoms with E-state index in [1.807, 2.05) is 27.0 Å². The Kier molecular flexibility index (Phi) is 6.51. The van der Waals surface area contributed by atoms with Crippen molar-refractivity contribution in [1.82, 2.24) is 24.4 Å². The molecule has 0 spiro atoms. The molecular weight excluding hydrogens is 434 g/mol. The first kappa shape index (κ1) is 22.9. The largest absolute Gasteiger partial charge is 0.437 e. The molecule has 11 nitrogen and oxygen atoms in total. The molecule has 1 aliphatic heterocycles. The number of pyridine rings is 2. The highest BCUT2D eigenvalue weighted by Crippen LogP contribution is 2.30. The van der Waals surface area contributed by atoms with Gasteiger partial charge in [0.2, 0.25) is 5.88 Å². The fraction of sp³-hybridized carbons (Fsp3) is 0.304. The van der Waals surface area contributed by atoms with Gasteiger partial charge in [-0.15, -0.1) is 0 Å². The standard InChI is InChI=1S/C23H27N9O2/c1-14-8-16(10-24)27-11-18(14)34-21-9-17(22-23(30-21)31(3)13-28-22)29-19(25)4-5-20(26)32-6-7-33-15(2)12-32/h4-5,8-9,11,13,15H,6-7,12,25-26H2,1-3H3,(H,29,30)/b19-4+,20-5+. The molecule has 11 heteroatoms. The van der Waals surface area contributed by atoms with E-state index in [-0.39, 0.29) is 6.10 Å². The average molecular weight is 462 g/mol. The fourth-order valence-corrected chi connectivity index (χ4v) is 3.58. The molecule has 176 valence electrons. The molecule has 5 N–H and O–H groups in total. The van der Waals surface area contributed by atoms with Crippen LogP contribution < -0.4 is 21.5 Å². The van der Waals surface area contributed by atoms with Crippen LogP contribution in [0.2, 0.25) is 0 Å². The van der Waals surface area contributed by atoms with Gasteiger partial charge in [0.1, 0.15) is 23.1 Å². The maximum absolute atomic E-state index is 9.03. The van der Waals surface area contributed by atoms with Crippen LogP contribution in [0.5, 0.6) is 11.6 Å². The monoisotopic (exact) mass is 461 g/mol. The first-order chi connectivity index (χ1) is 16.3. The summed E-state index contributed by atoms with van der Waals surface area (Å²) in [7, 11) is 1.84. The summed E-state index contributed by atoms with van der Waals surface area (Å²) in [6.45, 7) is 5.96. The van der Waals surface area contributed by atoms with Crippen molar-refractivity contribution in [1.29, 1.82) is 5.26 Å². The molecule has 1 atom stereocenters. The number of rotatable bonds is 6. The number of ether oxygens (including phenoxy) is 2. The molecule has 1 unspecified atom stereocenters. The number of nitrogens with one attached hydrogen (secondary N) is 1. The van der Waals surface area contributed by atoms with E-state index in [1.165, 1.54) is 6.20 Å². The lowest BCUT2D eigenvalue weighted by molar-refractivity contribution is -0.00628. The third-order valence-electron chi connectivity index (χ3n) is 5.36. The zero-order chi connectivity index (χ0) is 24.2. The summed E-state index contributed by atoms with van der Waals surface area (Å²) in [5.74, 6) is 1.83. The molecule has 0 aromatic carbocycles. The predicted molar refractivity (Wildman–Crippen MR) is 127 cm³/mol. The number of nitrogens with two attached hydrogens (primary N) is 2. The molecule has 0 saturated carbocycles. The van der Waals surface area contributed by atoms with Crippen LogP contribution in [0.3, 0.4) is 0 Å². The summed E-state index contributed by atoms with van der Waals surface area (Å²) in [5.41, 5.74) is 15.4. The molecular formula is C23H27N9O2. The fourth-order valence-electron chi connectivity index (χ4n) is 3.58. The molecule has 1 aliphatic rings. The number of anilines is 1. The number of aryl methyl sites for hydroxylation is 2. The van der Waals surface area contributed by atoms with E-state index < -0.39 is 0 Å². The second kappa shape index (κ2) is 9.68. The maximum atomic E-state index is 9.03. The van der Waals surface area contributed by atoms with Crippen LogP contribution in [0.25, 0.3) is 11.2 Å². The van der Waals surface area contributed by atoms with Gasteiger partial charge in [-0.3, -0.25) is 0 Å². The minimum Gasteiger partial charge on any atom is -0.437 e. The van der Waals surface area contributed by atoms with Crippen molar-refractivity contribution < 1.29 is 9.47 Å². The second-order valence-electron chi connectivity index (χ2n) is 8.05. The summed E-state index contributed by atoms with van der Waals surface area (Å²) < 4.78 is 13.3. The van der Waals surface area contributed by atoms with Gasteiger partial charge < -0.3 is 35.7 Å². The van der Waals surface area contributed by atoms with Gasteiger partial charge in [-0.1, -0.05) is 0 Å². The molecule has 0 amide bonds. The van der Waals surface area contributed by atoms with E-state index in [4.69, 9.17) is 26.2 Å². The lowest BCUT2D eigenvalue weighted by atomic mass is 10.2. The van der Waals surface area contributed by atoms with Crippen LogP contribution in [-0.4, -0.2) is 50.2 Å². The summed E-state index contributed by atoms with van der Waals surface area (Å²) in [6, 6.07) is 5.38. The summed E-state index contributed by atoms with van der Waals surface area (Å²) in [6.07, 6.45) is 6.77. The minimum absolute atomic E-state index is 0.128. The Labute approximate surface area is 197 Å². The van der Waals surface area contributed by atoms with E-state index in [0.29, 0.717) is 52.4 Å². The number of hydrogen-bond donors (Lipinski definition) is 3. The maximum Gasteiger partial charge on any atom is 0.223 e. The van der Waals surface area contributed by atoms with Crippen molar-refractivity contribution in [3.63, 3.8) is 0 Å². The molecule has 4 rings (SSSR count). The van der Waals surface area contributed by atoms with Crippen LogP contribution in [-0.2, 0) is 11.8 Å². The summed E-state index contributed by atoms with van der Waals surface area (Å²) in [4.78, 5) is 15.1. The van der Waals surface area contributed by atoms with Gasteiger partial charge in [-0.25, -0.2) is 9.97 Å². The molecule has 0 aliphatic carbocycles. The van der Waals surface area contributed by atoms with Gasteiger partial charge in [0.25, 0.3) is 0 Å². The van der Waals surface area contributed by atoms with Crippen LogP contribution in [0.1, 0.15) is 18.2 Å². The van der Waals surface area contributed by atoms with Crippen LogP contribution in [0, 0.1) is 18.3 Å². The Bertz CT molecular complexity index is 1310. The molecule has 0 bridgehead atoms. The van der Waals surface area contributed by atoms with Crippen molar-refractivity contribution in [3.8, 4) is 17.7 Å². The number of nitriles is 1. The molecule has 1 fully saturated rings. The normalized spacial score (nSPS) is 17.0. The van der Waals surface area contributed by atoms with Gasteiger partial charge in [-0.2, -0.15) is 10.2 Å². The van der Waals surface area contributed by atoms with E-state index in [9.17, 15) is 0 Å². The topological polar surface area (TPSA) is 153 Å². The first-order valence-corrected chi connectivity index (χ1v) is 10.8. The van der Waals surface area contributed by atoms with E-state index >= 15 is 0 Å². The van der Waals surface area contributed by atoms with Gasteiger partial charge in [0.05, 0.1) is 36.7 Å². The lowest BCUT2D eigenvalue weighted by Crippen LogP contribution is -2.42. The Hall–Kier alpha value is -4.30. The highest BCUT2D eigenvalue weighted by atomic mass is 16.5. The van der Waals surface area contributed by atoms with Crippen molar-refractivity contribution >= 4 is 16.9 Å². The molecule has 34 heavy (non-hydrogen) atoms. The Balaban J connectivity index is 1.59. The van der Waals surface area contributed by atoms with E-state index in [1.54, 1.807) is 35.2 Å². The lowest BCUT2D eigenvalue weighted by Gasteiger charge is -2.32. The summed E-state index contributed by atoms with van der Waals surface area (Å²) in [5, 5.41) is 12.2. The van der Waals surface area contributed by atoms with E-state index in [2.05, 4.69) is 25.2 Å². The van der Waals surface area contributed by atoms with Gasteiger partial charge in [0.15, 0.2) is 11.4 Å². The number of allylic oxidation sites excluding steroid dienone is 2. The highest BCUT2D eigenvalue weighted by molar-refractivity contribution is 5.87. The second-order valence-corrected chi connectivity index (χ2v) is 8.05. The van der Waals surface area contributed by atoms with Crippen LogP contribution in [0.4, 0.5) is 5.69 Å². The minimum atomic E-state index is 0.128. The summed E-state index contributed by atoms with van der Waals surface area (Å²) >= 11 is 0. The van der Waals surface area contributed by atoms with Crippen LogP contribution in [0.15, 0.2) is 48.5 Å². The predicted octanol–water partition coefficient (Wildman–Crippen LogP) is 2.07. The number of hydrogen-bond acceptors (Lipinski definition) is 10. The molecule has 3 aromatic rings. The van der Waals surface area contributed by atoms with Crippen molar-refractivity contribution in [2.24, 2.45) is 18.5 Å². The first-order valence-electron chi connectivity index (χ1n) is 10.8. The molecule has 0 radical (unpaired) electrons. The van der Waals surface area contributed by atoms with Gasteiger partial charge in [-0.05, 0) is 37.6 Å². The zero-order valence-electron chi connectivity index (χ0n) is 19.3. The number of imidazole rings is 1.